The summed E-state index contributed by atoms with van der Waals surface area (Å²) >= 11 is 1.58. The molecule has 3 nitrogen and oxygen atoms in total. The molecule has 1 aromatic rings. The zero-order valence-electron chi connectivity index (χ0n) is 16.0. The van der Waals surface area contributed by atoms with Gasteiger partial charge in [0, 0.05) is 7.05 Å². The second-order valence-electron chi connectivity index (χ2n) is 8.49. The van der Waals surface area contributed by atoms with Crippen molar-refractivity contribution < 1.29 is 9.90 Å². The summed E-state index contributed by atoms with van der Waals surface area (Å²) in [6.07, 6.45) is 1.97. The van der Waals surface area contributed by atoms with Gasteiger partial charge in [-0.3, -0.25) is 4.79 Å². The number of thioether (sulfide) groups is 1. The number of benzene rings is 1. The minimum Gasteiger partial charge on any atom is -0.507 e. The summed E-state index contributed by atoms with van der Waals surface area (Å²) in [6, 6.07) is 4.01. The molecule has 0 bridgehead atoms. The summed E-state index contributed by atoms with van der Waals surface area (Å²) in [4.78, 5) is 14.4. The fraction of sp³-hybridized carbons (Fsp3) is 0.550. The highest BCUT2D eigenvalue weighted by Gasteiger charge is 2.37. The minimum absolute atomic E-state index is 0.0958. The maximum Gasteiger partial charge on any atom is 0.245 e. The van der Waals surface area contributed by atoms with Gasteiger partial charge in [-0.1, -0.05) is 59.4 Å². The third-order valence-electron chi connectivity index (χ3n) is 4.42. The van der Waals surface area contributed by atoms with Gasteiger partial charge in [-0.2, -0.15) is 0 Å². The lowest BCUT2D eigenvalue weighted by Crippen LogP contribution is -2.22. The molecule has 132 valence electrons. The van der Waals surface area contributed by atoms with Crippen LogP contribution in [-0.4, -0.2) is 23.0 Å². The molecule has 0 aromatic heterocycles. The van der Waals surface area contributed by atoms with Crippen LogP contribution in [-0.2, 0) is 15.6 Å². The molecule has 1 aliphatic heterocycles. The number of carbonyl (C=O) groups excluding carboxylic acids is 1. The van der Waals surface area contributed by atoms with Crippen molar-refractivity contribution in [2.24, 2.45) is 0 Å². The highest BCUT2D eigenvalue weighted by Crippen LogP contribution is 2.48. The van der Waals surface area contributed by atoms with Gasteiger partial charge in [0.15, 0.2) is 0 Å². The Bertz CT molecular complexity index is 658. The summed E-state index contributed by atoms with van der Waals surface area (Å²) in [5, 5.41) is 11.6. The Balaban J connectivity index is 2.66. The molecule has 4 heteroatoms. The summed E-state index contributed by atoms with van der Waals surface area (Å²) in [5.41, 5.74) is 2.38. The van der Waals surface area contributed by atoms with Crippen LogP contribution in [0.1, 0.15) is 70.4 Å². The number of aromatic hydroxyl groups is 1. The van der Waals surface area contributed by atoms with Crippen LogP contribution in [0.5, 0.6) is 5.75 Å². The number of hydrogen-bond donors (Lipinski definition) is 1. The van der Waals surface area contributed by atoms with Crippen molar-refractivity contribution in [2.75, 3.05) is 7.05 Å². The predicted molar refractivity (Wildman–Crippen MR) is 102 cm³/mol. The molecule has 1 amide bonds. The van der Waals surface area contributed by atoms with Crippen molar-refractivity contribution in [3.8, 4) is 5.75 Å². The third kappa shape index (κ3) is 3.34. The Morgan fingerprint density at radius 3 is 1.88 bits per heavy atom. The maximum absolute atomic E-state index is 12.7. The van der Waals surface area contributed by atoms with Gasteiger partial charge in [-0.05, 0) is 46.6 Å². The normalized spacial score (nSPS) is 21.0. The Labute approximate surface area is 150 Å². The molecule has 1 aromatic carbocycles. The van der Waals surface area contributed by atoms with Crippen molar-refractivity contribution in [3.05, 3.63) is 39.9 Å². The van der Waals surface area contributed by atoms with Gasteiger partial charge in [0.05, 0.1) is 5.03 Å². The van der Waals surface area contributed by atoms with Gasteiger partial charge in [-0.15, -0.1) is 0 Å². The second kappa shape index (κ2) is 6.14. The zero-order valence-corrected chi connectivity index (χ0v) is 16.8. The molecule has 1 heterocycles. The van der Waals surface area contributed by atoms with E-state index in [9.17, 15) is 9.90 Å². The van der Waals surface area contributed by atoms with Crippen LogP contribution >= 0.6 is 11.8 Å². The molecule has 0 radical (unpaired) electrons. The fourth-order valence-electron chi connectivity index (χ4n) is 2.96. The van der Waals surface area contributed by atoms with Crippen LogP contribution < -0.4 is 0 Å². The Morgan fingerprint density at radius 2 is 1.54 bits per heavy atom. The van der Waals surface area contributed by atoms with Gasteiger partial charge < -0.3 is 10.0 Å². The average Bonchev–Trinajstić information content (AvgIpc) is 2.73. The standard InChI is InChI=1S/C20H29NO2S/c1-9-15-21(8)18(23)17(24-15)12-10-13(19(2,3)4)16(22)14(11-12)20(5,6)7/h9-11,17,22H,1-8H3. The van der Waals surface area contributed by atoms with Gasteiger partial charge in [0.25, 0.3) is 0 Å². The largest absolute Gasteiger partial charge is 0.507 e. The van der Waals surface area contributed by atoms with E-state index in [0.717, 1.165) is 21.7 Å². The SMILES string of the molecule is CC=C1SC(c2cc(C(C)(C)C)c(O)c(C(C)(C)C)c2)C(=O)N1C. The first-order valence-electron chi connectivity index (χ1n) is 8.36. The molecule has 1 unspecified atom stereocenters. The first kappa shape index (κ1) is 18.9. The average molecular weight is 348 g/mol. The van der Waals surface area contributed by atoms with Crippen LogP contribution in [0.3, 0.4) is 0 Å². The monoisotopic (exact) mass is 347 g/mol. The van der Waals surface area contributed by atoms with Crippen LogP contribution in [0.15, 0.2) is 23.2 Å². The van der Waals surface area contributed by atoms with E-state index in [2.05, 4.69) is 41.5 Å². The highest BCUT2D eigenvalue weighted by molar-refractivity contribution is 8.04. The predicted octanol–water partition coefficient (Wildman–Crippen LogP) is 5.09. The molecule has 1 fully saturated rings. The number of allylic oxidation sites excluding steroid dienone is 1. The molecular weight excluding hydrogens is 318 g/mol. The summed E-state index contributed by atoms with van der Waals surface area (Å²) in [7, 11) is 1.82. The fourth-order valence-corrected chi connectivity index (χ4v) is 4.12. The molecule has 1 saturated heterocycles. The first-order valence-corrected chi connectivity index (χ1v) is 9.24. The molecule has 0 saturated carbocycles. The third-order valence-corrected chi connectivity index (χ3v) is 5.88. The number of rotatable bonds is 1. The first-order chi connectivity index (χ1) is 10.9. The Kier molecular flexibility index (Phi) is 4.84. The van der Waals surface area contributed by atoms with Crippen LogP contribution in [0.4, 0.5) is 0 Å². The maximum atomic E-state index is 12.7. The number of amides is 1. The van der Waals surface area contributed by atoms with E-state index in [-0.39, 0.29) is 22.0 Å². The molecule has 1 aliphatic rings. The molecule has 24 heavy (non-hydrogen) atoms. The number of phenolic OH excluding ortho intramolecular Hbond substituents is 1. The quantitative estimate of drug-likeness (QED) is 0.769. The van der Waals surface area contributed by atoms with E-state index in [1.54, 1.807) is 16.7 Å². The molecule has 0 spiro atoms. The number of carbonyl (C=O) groups is 1. The zero-order chi connectivity index (χ0) is 18.4. The van der Waals surface area contributed by atoms with E-state index in [4.69, 9.17) is 0 Å². The van der Waals surface area contributed by atoms with Crippen LogP contribution in [0.2, 0.25) is 0 Å². The molecule has 1 N–H and O–H groups in total. The summed E-state index contributed by atoms with van der Waals surface area (Å²) in [6.45, 7) is 14.5. The van der Waals surface area contributed by atoms with Crippen molar-refractivity contribution in [1.29, 1.82) is 0 Å². The van der Waals surface area contributed by atoms with E-state index < -0.39 is 0 Å². The van der Waals surface area contributed by atoms with Crippen molar-refractivity contribution in [3.63, 3.8) is 0 Å². The second-order valence-corrected chi connectivity index (χ2v) is 9.61. The summed E-state index contributed by atoms with van der Waals surface area (Å²) in [5.74, 6) is 0.451. The van der Waals surface area contributed by atoms with Gasteiger partial charge in [0.1, 0.15) is 11.0 Å². The van der Waals surface area contributed by atoms with E-state index in [1.807, 2.05) is 32.2 Å². The number of phenols is 1. The van der Waals surface area contributed by atoms with Crippen LogP contribution in [0.25, 0.3) is 0 Å². The van der Waals surface area contributed by atoms with Gasteiger partial charge >= 0.3 is 0 Å². The molecular formula is C20H29NO2S. The Hall–Kier alpha value is -1.42. The van der Waals surface area contributed by atoms with Crippen molar-refractivity contribution in [2.45, 2.75) is 64.5 Å². The Morgan fingerprint density at radius 1 is 1.08 bits per heavy atom. The lowest BCUT2D eigenvalue weighted by atomic mass is 9.78. The van der Waals surface area contributed by atoms with Crippen molar-refractivity contribution >= 4 is 17.7 Å². The smallest absolute Gasteiger partial charge is 0.245 e. The van der Waals surface area contributed by atoms with Gasteiger partial charge in [0.2, 0.25) is 5.91 Å². The van der Waals surface area contributed by atoms with E-state index in [1.165, 1.54) is 0 Å². The van der Waals surface area contributed by atoms with Crippen molar-refractivity contribution in [1.82, 2.24) is 4.90 Å². The van der Waals surface area contributed by atoms with E-state index >= 15 is 0 Å². The number of likely N-dealkylation sites (N-methyl/N-ethyl adjacent to an activating group) is 1. The van der Waals surface area contributed by atoms with Crippen LogP contribution in [0, 0.1) is 0 Å². The lowest BCUT2D eigenvalue weighted by Gasteiger charge is -2.28. The lowest BCUT2D eigenvalue weighted by molar-refractivity contribution is -0.126. The summed E-state index contributed by atoms with van der Waals surface area (Å²) < 4.78 is 0. The number of hydrogen-bond acceptors (Lipinski definition) is 3. The molecule has 1 atom stereocenters. The molecule has 0 aliphatic carbocycles. The number of nitrogens with zero attached hydrogens (tertiary/aromatic N) is 1. The minimum atomic E-state index is -0.246. The topological polar surface area (TPSA) is 40.5 Å². The molecule has 2 rings (SSSR count). The highest BCUT2D eigenvalue weighted by atomic mass is 32.2. The van der Waals surface area contributed by atoms with E-state index in [0.29, 0.717) is 5.75 Å². The van der Waals surface area contributed by atoms with Gasteiger partial charge in [-0.25, -0.2) is 0 Å².